The predicted octanol–water partition coefficient (Wildman–Crippen LogP) is 3.12. The third-order valence-electron chi connectivity index (χ3n) is 10.2. The SMILES string of the molecule is O=C1CCC(N2C(=O)c3ccc(OCCOCCOCCN4CCN(c5ccc6nc(-c7ccc(N8CCCC8)nc7)sc6c5)C(=O)C4)cc3C2=O)C(=O)N1. The summed E-state index contributed by atoms with van der Waals surface area (Å²) in [6, 6.07) is 13.7. The number of hydrogen-bond acceptors (Lipinski definition) is 13. The highest BCUT2D eigenvalue weighted by Crippen LogP contribution is 2.34. The average Bonchev–Trinajstić information content (AvgIpc) is 3.94. The van der Waals surface area contributed by atoms with Crippen LogP contribution < -0.4 is 19.9 Å². The molecule has 0 saturated carbocycles. The number of pyridine rings is 1. The zero-order valence-electron chi connectivity index (χ0n) is 30.2. The second kappa shape index (κ2) is 16.2. The second-order valence-electron chi connectivity index (χ2n) is 13.8. The molecule has 2 aromatic carbocycles. The van der Waals surface area contributed by atoms with Gasteiger partial charge in [0.2, 0.25) is 17.7 Å². The Bertz CT molecular complexity index is 2120. The molecular formula is C39H41N7O8S. The van der Waals surface area contributed by atoms with Gasteiger partial charge in [-0.15, -0.1) is 11.3 Å². The van der Waals surface area contributed by atoms with Gasteiger partial charge in [-0.3, -0.25) is 39.1 Å². The number of thiazole rings is 1. The average molecular weight is 768 g/mol. The molecule has 0 aliphatic carbocycles. The molecule has 5 amide bonds. The van der Waals surface area contributed by atoms with Crippen LogP contribution in [0.3, 0.4) is 0 Å². The van der Waals surface area contributed by atoms with Crippen LogP contribution in [0.1, 0.15) is 46.4 Å². The number of hydrogen-bond donors (Lipinski definition) is 1. The van der Waals surface area contributed by atoms with Gasteiger partial charge in [-0.05, 0) is 67.8 Å². The van der Waals surface area contributed by atoms with Gasteiger partial charge >= 0.3 is 0 Å². The number of rotatable bonds is 14. The van der Waals surface area contributed by atoms with Gasteiger partial charge in [0.25, 0.3) is 11.8 Å². The van der Waals surface area contributed by atoms with Gasteiger partial charge in [-0.1, -0.05) is 0 Å². The predicted molar refractivity (Wildman–Crippen MR) is 203 cm³/mol. The Morgan fingerprint density at radius 3 is 2.40 bits per heavy atom. The number of piperazine rings is 1. The molecule has 6 heterocycles. The quantitative estimate of drug-likeness (QED) is 0.148. The normalized spacial score (nSPS) is 19.2. The van der Waals surface area contributed by atoms with Crippen molar-refractivity contribution in [3.8, 4) is 16.3 Å². The van der Waals surface area contributed by atoms with Crippen molar-refractivity contribution in [1.29, 1.82) is 0 Å². The Hall–Kier alpha value is -5.29. The number of imide groups is 2. The summed E-state index contributed by atoms with van der Waals surface area (Å²) >= 11 is 1.61. The van der Waals surface area contributed by atoms with E-state index in [4.69, 9.17) is 19.2 Å². The summed E-state index contributed by atoms with van der Waals surface area (Å²) in [5.74, 6) is -0.769. The Morgan fingerprint density at radius 2 is 1.62 bits per heavy atom. The maximum Gasteiger partial charge on any atom is 0.262 e. The molecule has 4 aliphatic heterocycles. The van der Waals surface area contributed by atoms with Crippen LogP contribution >= 0.6 is 11.3 Å². The number of ether oxygens (including phenoxy) is 3. The van der Waals surface area contributed by atoms with Crippen molar-refractivity contribution in [2.24, 2.45) is 0 Å². The van der Waals surface area contributed by atoms with Crippen LogP contribution in [0, 0.1) is 0 Å². The summed E-state index contributed by atoms with van der Waals surface area (Å²) in [6.45, 7) is 6.09. The maximum atomic E-state index is 13.2. The number of amides is 5. The molecule has 1 unspecified atom stereocenters. The van der Waals surface area contributed by atoms with E-state index in [2.05, 4.69) is 38.3 Å². The number of carbonyl (C=O) groups is 5. The van der Waals surface area contributed by atoms with Gasteiger partial charge in [0.05, 0.1) is 54.3 Å². The van der Waals surface area contributed by atoms with E-state index >= 15 is 0 Å². The number of piperidine rings is 1. The summed E-state index contributed by atoms with van der Waals surface area (Å²) < 4.78 is 18.1. The largest absolute Gasteiger partial charge is 0.491 e. The highest BCUT2D eigenvalue weighted by atomic mass is 32.1. The fourth-order valence-electron chi connectivity index (χ4n) is 7.31. The van der Waals surface area contributed by atoms with E-state index in [0.29, 0.717) is 45.2 Å². The van der Waals surface area contributed by atoms with Crippen molar-refractivity contribution in [2.75, 3.05) is 82.1 Å². The third-order valence-corrected chi connectivity index (χ3v) is 11.3. The molecule has 3 fully saturated rings. The number of carbonyl (C=O) groups excluding carboxylic acids is 5. The summed E-state index contributed by atoms with van der Waals surface area (Å²) in [7, 11) is 0. The standard InChI is InChI=1S/C39H41N7O8S/c47-34-10-8-31(36(49)42-34)46-38(50)28-6-5-27(22-29(28)39(46)51)54-20-19-53-18-17-52-16-15-43-13-14-45(35(48)24-43)26-4-7-30-32(21-26)55-37(41-30)25-3-9-33(40-23-25)44-11-1-2-12-44/h3-7,9,21-23,31H,1-2,8,10-20,24H2,(H,42,47,49). The molecule has 286 valence electrons. The molecular weight excluding hydrogens is 727 g/mol. The number of anilines is 2. The summed E-state index contributed by atoms with van der Waals surface area (Å²) in [5.41, 5.74) is 3.13. The van der Waals surface area contributed by atoms with Crippen molar-refractivity contribution in [2.45, 2.75) is 31.7 Å². The molecule has 4 aliphatic rings. The zero-order chi connectivity index (χ0) is 37.9. The molecule has 55 heavy (non-hydrogen) atoms. The highest BCUT2D eigenvalue weighted by Gasteiger charge is 2.44. The summed E-state index contributed by atoms with van der Waals surface area (Å²) in [5, 5.41) is 3.10. The second-order valence-corrected chi connectivity index (χ2v) is 14.9. The molecule has 4 aromatic rings. The molecule has 0 spiro atoms. The first kappa shape index (κ1) is 36.7. The Kier molecular flexibility index (Phi) is 10.8. The fraction of sp³-hybridized carbons (Fsp3) is 0.410. The molecule has 15 nitrogen and oxygen atoms in total. The van der Waals surface area contributed by atoms with Gasteiger partial charge in [-0.25, -0.2) is 9.97 Å². The molecule has 8 rings (SSSR count). The number of benzene rings is 2. The summed E-state index contributed by atoms with van der Waals surface area (Å²) in [4.78, 5) is 79.5. The van der Waals surface area contributed by atoms with Crippen LogP contribution in [0.5, 0.6) is 5.75 Å². The maximum absolute atomic E-state index is 13.2. The van der Waals surface area contributed by atoms with Crippen molar-refractivity contribution in [3.63, 3.8) is 0 Å². The Morgan fingerprint density at radius 1 is 0.818 bits per heavy atom. The lowest BCUT2D eigenvalue weighted by Gasteiger charge is -2.34. The van der Waals surface area contributed by atoms with Gasteiger partial charge in [-0.2, -0.15) is 0 Å². The topological polar surface area (TPSA) is 164 Å². The molecule has 1 atom stereocenters. The van der Waals surface area contributed by atoms with E-state index in [-0.39, 0.29) is 43.1 Å². The summed E-state index contributed by atoms with van der Waals surface area (Å²) in [6.07, 6.45) is 4.48. The lowest BCUT2D eigenvalue weighted by molar-refractivity contribution is -0.136. The number of aromatic nitrogens is 2. The highest BCUT2D eigenvalue weighted by molar-refractivity contribution is 7.21. The van der Waals surface area contributed by atoms with E-state index in [9.17, 15) is 24.0 Å². The van der Waals surface area contributed by atoms with Gasteiger partial charge in [0, 0.05) is 56.6 Å². The van der Waals surface area contributed by atoms with Crippen molar-refractivity contribution >= 4 is 62.6 Å². The monoisotopic (exact) mass is 767 g/mol. The first-order valence-electron chi connectivity index (χ1n) is 18.6. The minimum absolute atomic E-state index is 0.0475. The lowest BCUT2D eigenvalue weighted by atomic mass is 10.0. The van der Waals surface area contributed by atoms with Crippen molar-refractivity contribution < 1.29 is 38.2 Å². The minimum Gasteiger partial charge on any atom is -0.491 e. The zero-order valence-corrected chi connectivity index (χ0v) is 31.1. The van der Waals surface area contributed by atoms with Crippen molar-refractivity contribution in [1.82, 2.24) is 25.1 Å². The first-order valence-corrected chi connectivity index (χ1v) is 19.4. The van der Waals surface area contributed by atoms with E-state index < -0.39 is 29.7 Å². The van der Waals surface area contributed by atoms with Crippen LogP contribution in [0.4, 0.5) is 11.5 Å². The van der Waals surface area contributed by atoms with E-state index in [1.54, 1.807) is 17.4 Å². The van der Waals surface area contributed by atoms with Gasteiger partial charge in [0.15, 0.2) is 0 Å². The number of nitrogens with zero attached hydrogens (tertiary/aromatic N) is 6. The molecule has 1 N–H and O–H groups in total. The van der Waals surface area contributed by atoms with Crippen molar-refractivity contribution in [3.05, 3.63) is 65.9 Å². The number of nitrogens with one attached hydrogen (secondary N) is 1. The van der Waals surface area contributed by atoms with E-state index in [1.165, 1.54) is 25.0 Å². The molecule has 0 radical (unpaired) electrons. The van der Waals surface area contributed by atoms with Crippen LogP contribution in [-0.2, 0) is 23.9 Å². The van der Waals surface area contributed by atoms with Crippen LogP contribution in [0.25, 0.3) is 20.8 Å². The fourth-order valence-corrected chi connectivity index (χ4v) is 8.30. The Labute approximate surface area is 321 Å². The number of fused-ring (bicyclic) bond motifs is 2. The minimum atomic E-state index is -1.02. The van der Waals surface area contributed by atoms with Crippen LogP contribution in [0.15, 0.2) is 54.7 Å². The first-order chi connectivity index (χ1) is 26.8. The smallest absolute Gasteiger partial charge is 0.262 e. The van der Waals surface area contributed by atoms with Gasteiger partial charge in [0.1, 0.15) is 29.2 Å². The molecule has 3 saturated heterocycles. The Balaban J connectivity index is 0.722. The van der Waals surface area contributed by atoms with E-state index in [0.717, 1.165) is 56.8 Å². The lowest BCUT2D eigenvalue weighted by Crippen LogP contribution is -2.54. The van der Waals surface area contributed by atoms with E-state index in [1.807, 2.05) is 23.2 Å². The van der Waals surface area contributed by atoms with Gasteiger partial charge < -0.3 is 24.0 Å². The van der Waals surface area contributed by atoms with Crippen LogP contribution in [0.2, 0.25) is 0 Å². The molecule has 2 aromatic heterocycles. The third kappa shape index (κ3) is 7.94. The molecule has 16 heteroatoms. The van der Waals surface area contributed by atoms with Crippen LogP contribution in [-0.4, -0.2) is 128 Å². The molecule has 0 bridgehead atoms.